The van der Waals surface area contributed by atoms with Crippen molar-refractivity contribution in [1.29, 1.82) is 0 Å². The van der Waals surface area contributed by atoms with E-state index < -0.39 is 126 Å². The van der Waals surface area contributed by atoms with Crippen LogP contribution in [0.15, 0.2) is 35.3 Å². The van der Waals surface area contributed by atoms with Crippen LogP contribution in [0.2, 0.25) is 0 Å². The van der Waals surface area contributed by atoms with Crippen LogP contribution in [-0.4, -0.2) is 197 Å². The number of hydrogen-bond donors (Lipinski definition) is 12. The molecule has 27 nitrogen and oxygen atoms in total. The number of aliphatic imine (C=N–C) groups is 1. The first-order valence-corrected chi connectivity index (χ1v) is 33.3. The smallest absolute Gasteiger partial charge is 0.305 e. The van der Waals surface area contributed by atoms with Gasteiger partial charge >= 0.3 is 5.97 Å². The highest BCUT2D eigenvalue weighted by atomic mass is 16.4. The number of nitrogens with zero attached hydrogens (tertiary/aromatic N) is 4. The highest BCUT2D eigenvalue weighted by Crippen LogP contribution is 2.26. The Hall–Kier alpha value is -7.42. The van der Waals surface area contributed by atoms with E-state index >= 15 is 4.79 Å². The molecule has 0 bridgehead atoms. The van der Waals surface area contributed by atoms with Gasteiger partial charge in [0.2, 0.25) is 59.1 Å². The van der Waals surface area contributed by atoms with Gasteiger partial charge in [-0.05, 0) is 107 Å². The van der Waals surface area contributed by atoms with Crippen LogP contribution in [0.4, 0.5) is 0 Å². The molecule has 516 valence electrons. The lowest BCUT2D eigenvalue weighted by atomic mass is 9.90. The van der Waals surface area contributed by atoms with Gasteiger partial charge < -0.3 is 79.3 Å². The molecule has 1 unspecified atom stereocenters. The fourth-order valence-electron chi connectivity index (χ4n) is 12.2. The molecule has 15 N–H and O–H groups in total. The van der Waals surface area contributed by atoms with E-state index in [0.717, 1.165) is 42.6 Å². The van der Waals surface area contributed by atoms with Crippen molar-refractivity contribution in [3.05, 3.63) is 35.9 Å². The molecule has 3 aliphatic heterocycles. The number of piperidine rings is 2. The van der Waals surface area contributed by atoms with Gasteiger partial charge in [0.25, 0.3) is 0 Å². The number of nitrogens with two attached hydrogens (primary N) is 3. The van der Waals surface area contributed by atoms with E-state index in [2.05, 4.69) is 49.1 Å². The van der Waals surface area contributed by atoms with Gasteiger partial charge in [-0.2, -0.15) is 0 Å². The molecule has 1 aromatic rings. The maximum atomic E-state index is 15.1. The fraction of sp³-hybridized carbons (Fsp3) is 0.723. The predicted molar refractivity (Wildman–Crippen MR) is 347 cm³/mol. The number of carbonyl (C=O) groups is 11. The zero-order valence-electron chi connectivity index (χ0n) is 55.6. The number of carboxylic acids is 1. The van der Waals surface area contributed by atoms with Gasteiger partial charge in [-0.1, -0.05) is 111 Å². The number of likely N-dealkylation sites (tertiary alicyclic amines) is 2. The van der Waals surface area contributed by atoms with Gasteiger partial charge in [-0.3, -0.25) is 57.7 Å². The Morgan fingerprint density at radius 1 is 0.707 bits per heavy atom. The lowest BCUT2D eigenvalue weighted by Crippen LogP contribution is -2.61. The maximum absolute atomic E-state index is 15.1. The van der Waals surface area contributed by atoms with Crippen LogP contribution in [0, 0.1) is 29.6 Å². The fourth-order valence-corrected chi connectivity index (χ4v) is 12.2. The second-order valence-electron chi connectivity index (χ2n) is 26.2. The first kappa shape index (κ1) is 77.0. The number of guanidine groups is 1. The topological polar surface area (TPSA) is 413 Å². The van der Waals surface area contributed by atoms with Crippen molar-refractivity contribution in [2.24, 2.45) is 51.8 Å². The summed E-state index contributed by atoms with van der Waals surface area (Å²) < 4.78 is 0. The molecule has 0 spiro atoms. The molecular weight excluding hydrogens is 1180 g/mol. The van der Waals surface area contributed by atoms with E-state index in [-0.39, 0.29) is 100 Å². The number of nitrogens with one attached hydrogen (secondary N) is 7. The summed E-state index contributed by atoms with van der Waals surface area (Å²) in [5.74, 6) is -10.0. The molecule has 0 radical (unpaired) electrons. The minimum Gasteiger partial charge on any atom is -0.481 e. The summed E-state index contributed by atoms with van der Waals surface area (Å²) in [6, 6.07) is -1.55. The number of unbranched alkanes of at least 4 members (excludes halogenated alkanes) is 4. The molecule has 0 aromatic heterocycles. The quantitative estimate of drug-likeness (QED) is 0.0250. The zero-order valence-corrected chi connectivity index (χ0v) is 55.6. The lowest BCUT2D eigenvalue weighted by molar-refractivity contribution is -0.149. The van der Waals surface area contributed by atoms with Crippen molar-refractivity contribution in [3.63, 3.8) is 0 Å². The molecule has 1 aromatic carbocycles. The van der Waals surface area contributed by atoms with Gasteiger partial charge in [0.05, 0.1) is 18.4 Å². The van der Waals surface area contributed by atoms with E-state index in [1.807, 2.05) is 44.2 Å². The highest BCUT2D eigenvalue weighted by Gasteiger charge is 2.46. The minimum absolute atomic E-state index is 0.00477. The Morgan fingerprint density at radius 3 is 1.93 bits per heavy atom. The SMILES string of the molecule is CCCCCCCC(=O)N1CCC[C@H](C(=O)N[C@@H](Cc2ccccc2)C(=O)NC(CC2CCNCC2)C(=O)N[C@@H](CC(C)C)C(=O)N2C[C@H](O)C[C@H]2C(=O)N(C)[C@@H](CC(C)C)C(=O)N[C@@H](CC(=O)O)C(=O)N[C@@H](CCCN=C(N)N)C(=O)N[C@H](C(N)=O)[C@@H](C)CC)C1. The number of likely N-dealkylation sites (N-methyl/N-ethyl adjacent to an activating group) is 1. The predicted octanol–water partition coefficient (Wildman–Crippen LogP) is 1.07. The first-order valence-electron chi connectivity index (χ1n) is 33.3. The van der Waals surface area contributed by atoms with Crippen LogP contribution >= 0.6 is 0 Å². The van der Waals surface area contributed by atoms with E-state index in [0.29, 0.717) is 58.2 Å². The van der Waals surface area contributed by atoms with E-state index in [1.165, 1.54) is 11.9 Å². The Kier molecular flexibility index (Phi) is 32.8. The molecule has 3 saturated heterocycles. The lowest BCUT2D eigenvalue weighted by Gasteiger charge is -2.35. The summed E-state index contributed by atoms with van der Waals surface area (Å²) in [7, 11) is 1.31. The maximum Gasteiger partial charge on any atom is 0.305 e. The molecule has 3 fully saturated rings. The van der Waals surface area contributed by atoms with Crippen molar-refractivity contribution in [2.75, 3.05) is 46.3 Å². The number of aliphatic carboxylic acids is 1. The van der Waals surface area contributed by atoms with Gasteiger partial charge in [-0.15, -0.1) is 0 Å². The molecular formula is C65H108N14O13. The number of rotatable bonds is 38. The van der Waals surface area contributed by atoms with Crippen LogP contribution in [0.25, 0.3) is 0 Å². The highest BCUT2D eigenvalue weighted by molar-refractivity contribution is 5.99. The standard InChI is InChI=1S/C65H108N14O13/c1-9-11-12-13-17-24-53(81)78-30-19-22-44(37-78)57(85)72-47(33-42-20-15-14-16-21-42)59(87)73-48(34-43-25-28-69-29-26-43)60(88)75-50(31-39(3)4)63(91)79-38-45(80)35-52(79)64(92)77(8)51(32-40(5)6)62(90)74-49(36-54(82)83)61(89)71-46(23-18-27-70-65(67)68)58(86)76-55(56(66)84)41(7)10-2/h14-16,20-21,39-41,43-52,55,69,80H,9-13,17-19,22-38H2,1-8H3,(H2,66,84)(H,71,89)(H,72,85)(H,73,87)(H,74,90)(H,75,88)(H,76,86)(H,82,83)(H4,67,68,70)/t41-,44-,45+,46-,47-,48?,49-,50-,51-,52-,55-/m0/s1. The van der Waals surface area contributed by atoms with Crippen molar-refractivity contribution in [1.82, 2.24) is 51.9 Å². The van der Waals surface area contributed by atoms with Crippen molar-refractivity contribution < 1.29 is 63.0 Å². The third-order valence-electron chi connectivity index (χ3n) is 17.6. The summed E-state index contributed by atoms with van der Waals surface area (Å²) in [6.07, 6.45) is 6.35. The molecule has 3 heterocycles. The summed E-state index contributed by atoms with van der Waals surface area (Å²) in [4.78, 5) is 162. The molecule has 0 aliphatic carbocycles. The van der Waals surface area contributed by atoms with Crippen molar-refractivity contribution >= 4 is 71.0 Å². The Balaban J connectivity index is 1.60. The second kappa shape index (κ2) is 39.2. The molecule has 92 heavy (non-hydrogen) atoms. The Bertz CT molecular complexity index is 2640. The summed E-state index contributed by atoms with van der Waals surface area (Å²) in [5, 5.41) is 41.0. The number of amides is 10. The van der Waals surface area contributed by atoms with Crippen molar-refractivity contribution in [2.45, 2.75) is 225 Å². The number of primary amides is 1. The van der Waals surface area contributed by atoms with Crippen LogP contribution in [-0.2, 0) is 59.2 Å². The Labute approximate surface area is 542 Å². The van der Waals surface area contributed by atoms with Crippen LogP contribution in [0.1, 0.15) is 170 Å². The van der Waals surface area contributed by atoms with Crippen LogP contribution in [0.5, 0.6) is 0 Å². The average molecular weight is 1290 g/mol. The molecule has 3 aliphatic rings. The molecule has 0 saturated carbocycles. The monoisotopic (exact) mass is 1290 g/mol. The average Bonchev–Trinajstić information content (AvgIpc) is 1.60. The second-order valence-corrected chi connectivity index (χ2v) is 26.2. The van der Waals surface area contributed by atoms with E-state index in [4.69, 9.17) is 17.2 Å². The first-order chi connectivity index (χ1) is 43.6. The van der Waals surface area contributed by atoms with Crippen molar-refractivity contribution in [3.8, 4) is 0 Å². The number of aliphatic hydroxyl groups is 1. The number of aliphatic hydroxyl groups excluding tert-OH is 1. The summed E-state index contributed by atoms with van der Waals surface area (Å²) in [5.41, 5.74) is 17.3. The van der Waals surface area contributed by atoms with Crippen LogP contribution in [0.3, 0.4) is 0 Å². The normalized spacial score (nSPS) is 19.4. The molecule has 10 amide bonds. The third-order valence-corrected chi connectivity index (χ3v) is 17.6. The largest absolute Gasteiger partial charge is 0.481 e. The van der Waals surface area contributed by atoms with E-state index in [9.17, 15) is 58.2 Å². The van der Waals surface area contributed by atoms with Gasteiger partial charge in [0.15, 0.2) is 5.96 Å². The number of hydrogen-bond acceptors (Lipinski definition) is 14. The number of benzene rings is 1. The Morgan fingerprint density at radius 2 is 1.32 bits per heavy atom. The van der Waals surface area contributed by atoms with Crippen LogP contribution < -0.4 is 54.4 Å². The summed E-state index contributed by atoms with van der Waals surface area (Å²) in [6.45, 7) is 14.7. The number of carbonyl (C=O) groups excluding carboxylic acids is 10. The zero-order chi connectivity index (χ0) is 68.2. The molecule has 11 atom stereocenters. The summed E-state index contributed by atoms with van der Waals surface area (Å²) >= 11 is 0. The molecule has 4 rings (SSSR count). The number of β-amino-alcohol motifs (C(OH)–C–C–N with tert-alkyl or cyclic N) is 1. The minimum atomic E-state index is -1.81. The van der Waals surface area contributed by atoms with Gasteiger partial charge in [0.1, 0.15) is 48.3 Å². The molecule has 27 heteroatoms. The third kappa shape index (κ3) is 25.6. The van der Waals surface area contributed by atoms with E-state index in [1.54, 1.807) is 32.6 Å². The number of carboxylic acid groups (broad SMARTS) is 1. The van der Waals surface area contributed by atoms with Gasteiger partial charge in [-0.25, -0.2) is 0 Å². The van der Waals surface area contributed by atoms with Gasteiger partial charge in [0, 0.05) is 52.5 Å².